The van der Waals surface area contributed by atoms with E-state index in [9.17, 15) is 4.79 Å². The fraction of sp³-hybridized carbons (Fsp3) is 0.333. The summed E-state index contributed by atoms with van der Waals surface area (Å²) < 4.78 is 1.88. The van der Waals surface area contributed by atoms with Crippen LogP contribution in [0.5, 0.6) is 0 Å². The monoisotopic (exact) mass is 298 g/mol. The van der Waals surface area contributed by atoms with Crippen LogP contribution < -0.4 is 11.1 Å². The lowest BCUT2D eigenvalue weighted by molar-refractivity contribution is -0.122. The van der Waals surface area contributed by atoms with Gasteiger partial charge in [0, 0.05) is 25.5 Å². The van der Waals surface area contributed by atoms with Crippen molar-refractivity contribution in [2.75, 3.05) is 5.32 Å². The van der Waals surface area contributed by atoms with Gasteiger partial charge in [-0.15, -0.1) is 10.2 Å². The summed E-state index contributed by atoms with van der Waals surface area (Å²) in [5.41, 5.74) is 6.16. The van der Waals surface area contributed by atoms with Gasteiger partial charge in [0.15, 0.2) is 5.82 Å². The quantitative estimate of drug-likeness (QED) is 0.824. The summed E-state index contributed by atoms with van der Waals surface area (Å²) in [6.45, 7) is 0. The van der Waals surface area contributed by atoms with Gasteiger partial charge in [-0.1, -0.05) is 12.2 Å². The zero-order chi connectivity index (χ0) is 15.5. The van der Waals surface area contributed by atoms with Gasteiger partial charge in [0.1, 0.15) is 11.5 Å². The third-order valence-corrected chi connectivity index (χ3v) is 3.85. The fourth-order valence-electron chi connectivity index (χ4n) is 2.62. The number of amides is 1. The van der Waals surface area contributed by atoms with Gasteiger partial charge in [-0.05, 0) is 25.0 Å². The number of hydrogen-bond acceptors (Lipinski definition) is 5. The Hall–Kier alpha value is -2.70. The van der Waals surface area contributed by atoms with Crippen LogP contribution in [-0.2, 0) is 11.8 Å². The summed E-state index contributed by atoms with van der Waals surface area (Å²) in [7, 11) is 1.90. The van der Waals surface area contributed by atoms with E-state index in [0.717, 1.165) is 12.2 Å². The second-order valence-electron chi connectivity index (χ2n) is 5.37. The topological polar surface area (TPSA) is 98.7 Å². The molecule has 7 nitrogen and oxygen atoms in total. The van der Waals surface area contributed by atoms with Crippen LogP contribution in [0.4, 0.5) is 5.82 Å². The molecule has 0 unspecified atom stereocenters. The second-order valence-corrected chi connectivity index (χ2v) is 5.37. The molecule has 0 aliphatic heterocycles. The van der Waals surface area contributed by atoms with Crippen molar-refractivity contribution in [3.8, 4) is 11.5 Å². The number of primary amides is 1. The highest BCUT2D eigenvalue weighted by Gasteiger charge is 2.27. The summed E-state index contributed by atoms with van der Waals surface area (Å²) in [4.78, 5) is 15.7. The number of allylic oxidation sites excluding steroid dienone is 1. The summed E-state index contributed by atoms with van der Waals surface area (Å²) >= 11 is 0. The maximum Gasteiger partial charge on any atom is 0.222 e. The Morgan fingerprint density at radius 1 is 1.32 bits per heavy atom. The van der Waals surface area contributed by atoms with Crippen molar-refractivity contribution in [2.45, 2.75) is 18.9 Å². The molecule has 3 rings (SSSR count). The van der Waals surface area contributed by atoms with E-state index >= 15 is 0 Å². The number of nitrogens with one attached hydrogen (secondary N) is 1. The summed E-state index contributed by atoms with van der Waals surface area (Å²) in [5, 5.41) is 11.6. The first kappa shape index (κ1) is 14.2. The molecule has 0 spiro atoms. The van der Waals surface area contributed by atoms with Gasteiger partial charge >= 0.3 is 0 Å². The second kappa shape index (κ2) is 5.97. The molecule has 3 N–H and O–H groups in total. The van der Waals surface area contributed by atoms with E-state index in [1.165, 1.54) is 0 Å². The van der Waals surface area contributed by atoms with Crippen LogP contribution in [0.1, 0.15) is 12.8 Å². The lowest BCUT2D eigenvalue weighted by Crippen LogP contribution is -2.39. The van der Waals surface area contributed by atoms with Crippen molar-refractivity contribution in [3.63, 3.8) is 0 Å². The number of imidazole rings is 1. The Morgan fingerprint density at radius 2 is 2.14 bits per heavy atom. The highest BCUT2D eigenvalue weighted by atomic mass is 16.1. The highest BCUT2D eigenvalue weighted by Crippen LogP contribution is 2.22. The Bertz CT molecular complexity index is 690. The van der Waals surface area contributed by atoms with Crippen molar-refractivity contribution in [1.82, 2.24) is 19.7 Å². The van der Waals surface area contributed by atoms with E-state index in [0.29, 0.717) is 17.9 Å². The Labute approximate surface area is 128 Å². The largest absolute Gasteiger partial charge is 0.369 e. The van der Waals surface area contributed by atoms with Crippen LogP contribution >= 0.6 is 0 Å². The average molecular weight is 298 g/mol. The molecule has 2 aromatic rings. The molecule has 2 heterocycles. The number of rotatable bonds is 4. The first-order valence-electron chi connectivity index (χ1n) is 7.17. The maximum absolute atomic E-state index is 11.5. The first-order chi connectivity index (χ1) is 10.6. The average Bonchev–Trinajstić information content (AvgIpc) is 2.94. The van der Waals surface area contributed by atoms with E-state index in [1.54, 1.807) is 6.20 Å². The lowest BCUT2D eigenvalue weighted by atomic mass is 9.88. The molecule has 1 aliphatic carbocycles. The molecule has 0 saturated carbocycles. The maximum atomic E-state index is 11.5. The van der Waals surface area contributed by atoms with Gasteiger partial charge in [-0.2, -0.15) is 0 Å². The molecule has 0 saturated heterocycles. The minimum absolute atomic E-state index is 0.0455. The van der Waals surface area contributed by atoms with Gasteiger partial charge in [0.2, 0.25) is 5.91 Å². The van der Waals surface area contributed by atoms with Crippen LogP contribution in [0.15, 0.2) is 36.7 Å². The molecule has 0 radical (unpaired) electrons. The number of aromatic nitrogens is 4. The molecule has 7 heteroatoms. The molecular weight excluding hydrogens is 280 g/mol. The molecule has 22 heavy (non-hydrogen) atoms. The third-order valence-electron chi connectivity index (χ3n) is 3.85. The van der Waals surface area contributed by atoms with E-state index in [2.05, 4.69) is 20.5 Å². The number of nitrogens with zero attached hydrogens (tertiary/aromatic N) is 4. The molecular formula is C15H18N6O. The zero-order valence-corrected chi connectivity index (χ0v) is 12.3. The van der Waals surface area contributed by atoms with Gasteiger partial charge < -0.3 is 15.6 Å². The zero-order valence-electron chi connectivity index (χ0n) is 12.3. The Kier molecular flexibility index (Phi) is 3.86. The smallest absolute Gasteiger partial charge is 0.222 e. The Balaban J connectivity index is 1.75. The third kappa shape index (κ3) is 2.83. The highest BCUT2D eigenvalue weighted by molar-refractivity contribution is 5.78. The van der Waals surface area contributed by atoms with Crippen molar-refractivity contribution in [2.24, 2.45) is 18.7 Å². The molecule has 0 aromatic carbocycles. The Morgan fingerprint density at radius 3 is 2.77 bits per heavy atom. The molecule has 1 aliphatic rings. The van der Waals surface area contributed by atoms with E-state index < -0.39 is 0 Å². The summed E-state index contributed by atoms with van der Waals surface area (Å²) in [5.74, 6) is 0.875. The predicted molar refractivity (Wildman–Crippen MR) is 82.7 cm³/mol. The van der Waals surface area contributed by atoms with E-state index in [-0.39, 0.29) is 17.9 Å². The SMILES string of the molecule is Cn1ccnc1-c1ccc(N[C@@H]2CC=CC[C@H]2C(N)=O)nn1. The molecule has 0 fully saturated rings. The standard InChI is InChI=1S/C15H18N6O/c1-21-9-8-17-15(21)12-6-7-13(20-19-12)18-11-5-3-2-4-10(11)14(16)22/h2-3,6-11H,4-5H2,1H3,(H2,16,22)(H,18,20)/t10-,11-/m1/s1. The van der Waals surface area contributed by atoms with Gasteiger partial charge in [-0.25, -0.2) is 4.98 Å². The minimum Gasteiger partial charge on any atom is -0.369 e. The van der Waals surface area contributed by atoms with Gasteiger partial charge in [-0.3, -0.25) is 4.79 Å². The molecule has 114 valence electrons. The van der Waals surface area contributed by atoms with Crippen molar-refractivity contribution in [1.29, 1.82) is 0 Å². The van der Waals surface area contributed by atoms with Gasteiger partial charge in [0.05, 0.1) is 5.92 Å². The van der Waals surface area contributed by atoms with Crippen molar-refractivity contribution in [3.05, 3.63) is 36.7 Å². The molecule has 0 bridgehead atoms. The lowest BCUT2D eigenvalue weighted by Gasteiger charge is -2.27. The van der Waals surface area contributed by atoms with Crippen molar-refractivity contribution < 1.29 is 4.79 Å². The number of aryl methyl sites for hydroxylation is 1. The molecule has 1 amide bonds. The van der Waals surface area contributed by atoms with E-state index in [4.69, 9.17) is 5.73 Å². The van der Waals surface area contributed by atoms with E-state index in [1.807, 2.05) is 42.1 Å². The number of carbonyl (C=O) groups is 1. The van der Waals surface area contributed by atoms with Crippen LogP contribution in [0.2, 0.25) is 0 Å². The van der Waals surface area contributed by atoms with Gasteiger partial charge in [0.25, 0.3) is 0 Å². The normalized spacial score (nSPS) is 20.8. The summed E-state index contributed by atoms with van der Waals surface area (Å²) in [6, 6.07) is 3.65. The van der Waals surface area contributed by atoms with Crippen LogP contribution in [-0.4, -0.2) is 31.7 Å². The van der Waals surface area contributed by atoms with Crippen LogP contribution in [0, 0.1) is 5.92 Å². The number of hydrogen-bond donors (Lipinski definition) is 2. The molecule has 2 atom stereocenters. The number of carbonyl (C=O) groups excluding carboxylic acids is 1. The predicted octanol–water partition coefficient (Wildman–Crippen LogP) is 1.11. The first-order valence-corrected chi connectivity index (χ1v) is 7.17. The van der Waals surface area contributed by atoms with Crippen molar-refractivity contribution >= 4 is 11.7 Å². The molecule has 2 aromatic heterocycles. The minimum atomic E-state index is -0.292. The number of nitrogens with two attached hydrogens (primary N) is 1. The number of anilines is 1. The fourth-order valence-corrected chi connectivity index (χ4v) is 2.62. The summed E-state index contributed by atoms with van der Waals surface area (Å²) in [6.07, 6.45) is 9.02. The van der Waals surface area contributed by atoms with Crippen LogP contribution in [0.3, 0.4) is 0 Å². The van der Waals surface area contributed by atoms with Crippen LogP contribution in [0.25, 0.3) is 11.5 Å².